The van der Waals surface area contributed by atoms with Crippen molar-refractivity contribution in [1.82, 2.24) is 4.90 Å². The van der Waals surface area contributed by atoms with Crippen molar-refractivity contribution in [2.75, 3.05) is 26.8 Å². The van der Waals surface area contributed by atoms with Crippen LogP contribution in [0.4, 0.5) is 0 Å². The monoisotopic (exact) mass is 269 g/mol. The predicted octanol–water partition coefficient (Wildman–Crippen LogP) is 2.77. The standard InChI is InChI=1S/C15H31N3O/c1-3-4-5-6-7-8-9-10-14-13-17-15(16)18(14)11-12-19-2/h14H,3-13H2,1-2H3,(H2,16,17). The third kappa shape index (κ3) is 6.28. The van der Waals surface area contributed by atoms with Crippen LogP contribution in [-0.4, -0.2) is 43.7 Å². The molecule has 0 aromatic heterocycles. The number of ether oxygens (including phenoxy) is 1. The lowest BCUT2D eigenvalue weighted by atomic mass is 10.0. The molecule has 0 amide bonds. The van der Waals surface area contributed by atoms with E-state index in [0.717, 1.165) is 19.7 Å². The summed E-state index contributed by atoms with van der Waals surface area (Å²) in [5.74, 6) is 0.699. The highest BCUT2D eigenvalue weighted by Crippen LogP contribution is 2.16. The van der Waals surface area contributed by atoms with Crippen LogP contribution in [0, 0.1) is 0 Å². The predicted molar refractivity (Wildman–Crippen MR) is 81.5 cm³/mol. The van der Waals surface area contributed by atoms with Crippen LogP contribution in [0.1, 0.15) is 58.3 Å². The SMILES string of the molecule is CCCCCCCCCC1CN=C(N)N1CCOC. The molecule has 0 aliphatic carbocycles. The second-order valence-corrected chi connectivity index (χ2v) is 5.45. The Hall–Kier alpha value is -0.770. The summed E-state index contributed by atoms with van der Waals surface area (Å²) >= 11 is 0. The molecular weight excluding hydrogens is 238 g/mol. The summed E-state index contributed by atoms with van der Waals surface area (Å²) in [4.78, 5) is 6.57. The molecule has 1 aliphatic rings. The number of nitrogens with zero attached hydrogens (tertiary/aromatic N) is 2. The third-order valence-electron chi connectivity index (χ3n) is 3.88. The molecule has 112 valence electrons. The zero-order chi connectivity index (χ0) is 13.9. The van der Waals surface area contributed by atoms with Crippen molar-refractivity contribution in [2.24, 2.45) is 10.7 Å². The lowest BCUT2D eigenvalue weighted by molar-refractivity contribution is 0.164. The molecule has 1 atom stereocenters. The molecular formula is C15H31N3O. The smallest absolute Gasteiger partial charge is 0.191 e. The van der Waals surface area contributed by atoms with Crippen molar-refractivity contribution in [3.05, 3.63) is 0 Å². The van der Waals surface area contributed by atoms with E-state index in [2.05, 4.69) is 16.8 Å². The Morgan fingerprint density at radius 3 is 2.58 bits per heavy atom. The first-order valence-electron chi connectivity index (χ1n) is 7.85. The number of hydrogen-bond donors (Lipinski definition) is 1. The Labute approximate surface area is 118 Å². The highest BCUT2D eigenvalue weighted by Gasteiger charge is 2.24. The van der Waals surface area contributed by atoms with Gasteiger partial charge in [0.1, 0.15) is 0 Å². The molecule has 0 saturated heterocycles. The second-order valence-electron chi connectivity index (χ2n) is 5.45. The van der Waals surface area contributed by atoms with E-state index in [9.17, 15) is 0 Å². The van der Waals surface area contributed by atoms with E-state index >= 15 is 0 Å². The zero-order valence-corrected chi connectivity index (χ0v) is 12.7. The Kier molecular flexibility index (Phi) is 8.63. The third-order valence-corrected chi connectivity index (χ3v) is 3.88. The molecule has 1 unspecified atom stereocenters. The molecule has 1 rings (SSSR count). The topological polar surface area (TPSA) is 50.8 Å². The summed E-state index contributed by atoms with van der Waals surface area (Å²) in [5, 5.41) is 0. The maximum Gasteiger partial charge on any atom is 0.191 e. The number of guanidine groups is 1. The molecule has 1 aliphatic heterocycles. The molecule has 0 bridgehead atoms. The van der Waals surface area contributed by atoms with Crippen LogP contribution in [-0.2, 0) is 4.74 Å². The van der Waals surface area contributed by atoms with Gasteiger partial charge in [0, 0.05) is 13.7 Å². The number of rotatable bonds is 11. The van der Waals surface area contributed by atoms with E-state index in [1.54, 1.807) is 7.11 Å². The average Bonchev–Trinajstić information content (AvgIpc) is 2.76. The minimum atomic E-state index is 0.505. The van der Waals surface area contributed by atoms with Gasteiger partial charge in [0.2, 0.25) is 0 Å². The minimum absolute atomic E-state index is 0.505. The quantitative estimate of drug-likeness (QED) is 0.587. The maximum atomic E-state index is 5.92. The lowest BCUT2D eigenvalue weighted by Crippen LogP contribution is -2.42. The van der Waals surface area contributed by atoms with E-state index < -0.39 is 0 Å². The van der Waals surface area contributed by atoms with Gasteiger partial charge in [-0.15, -0.1) is 0 Å². The summed E-state index contributed by atoms with van der Waals surface area (Å²) in [6.45, 7) is 4.72. The van der Waals surface area contributed by atoms with Crippen LogP contribution < -0.4 is 5.73 Å². The van der Waals surface area contributed by atoms with Gasteiger partial charge in [0.25, 0.3) is 0 Å². The largest absolute Gasteiger partial charge is 0.383 e. The molecule has 4 nitrogen and oxygen atoms in total. The first-order chi connectivity index (χ1) is 9.29. The number of hydrogen-bond acceptors (Lipinski definition) is 4. The van der Waals surface area contributed by atoms with Gasteiger partial charge in [-0.3, -0.25) is 4.99 Å². The fraction of sp³-hybridized carbons (Fsp3) is 0.933. The molecule has 1 heterocycles. The molecule has 2 N–H and O–H groups in total. The van der Waals surface area contributed by atoms with Gasteiger partial charge in [-0.1, -0.05) is 51.9 Å². The van der Waals surface area contributed by atoms with E-state index in [4.69, 9.17) is 10.5 Å². The molecule has 0 aromatic carbocycles. The van der Waals surface area contributed by atoms with Gasteiger partial charge in [-0.2, -0.15) is 0 Å². The average molecular weight is 269 g/mol. The Morgan fingerprint density at radius 1 is 1.21 bits per heavy atom. The molecule has 19 heavy (non-hydrogen) atoms. The van der Waals surface area contributed by atoms with E-state index in [1.165, 1.54) is 51.4 Å². The molecule has 0 fully saturated rings. The van der Waals surface area contributed by atoms with Gasteiger partial charge < -0.3 is 15.4 Å². The Morgan fingerprint density at radius 2 is 1.89 bits per heavy atom. The number of aliphatic imine (C=N–C) groups is 1. The van der Waals surface area contributed by atoms with Crippen molar-refractivity contribution in [2.45, 2.75) is 64.3 Å². The summed E-state index contributed by atoms with van der Waals surface area (Å²) in [6, 6.07) is 0.505. The molecule has 0 aromatic rings. The van der Waals surface area contributed by atoms with Crippen LogP contribution in [0.5, 0.6) is 0 Å². The second kappa shape index (κ2) is 10.1. The Bertz CT molecular complexity index is 256. The lowest BCUT2D eigenvalue weighted by Gasteiger charge is -2.25. The zero-order valence-electron chi connectivity index (χ0n) is 12.7. The number of methoxy groups -OCH3 is 1. The fourth-order valence-electron chi connectivity index (χ4n) is 2.65. The van der Waals surface area contributed by atoms with Gasteiger partial charge in [-0.25, -0.2) is 0 Å². The fourth-order valence-corrected chi connectivity index (χ4v) is 2.65. The minimum Gasteiger partial charge on any atom is -0.383 e. The maximum absolute atomic E-state index is 5.92. The Balaban J connectivity index is 2.08. The van der Waals surface area contributed by atoms with Crippen molar-refractivity contribution in [1.29, 1.82) is 0 Å². The van der Waals surface area contributed by atoms with Crippen LogP contribution in [0.15, 0.2) is 4.99 Å². The van der Waals surface area contributed by atoms with Crippen molar-refractivity contribution >= 4 is 5.96 Å². The van der Waals surface area contributed by atoms with E-state index in [-0.39, 0.29) is 0 Å². The van der Waals surface area contributed by atoms with Crippen LogP contribution in [0.2, 0.25) is 0 Å². The summed E-state index contributed by atoms with van der Waals surface area (Å²) in [6.07, 6.45) is 10.7. The summed E-state index contributed by atoms with van der Waals surface area (Å²) in [5.41, 5.74) is 5.92. The van der Waals surface area contributed by atoms with Crippen LogP contribution >= 0.6 is 0 Å². The number of unbranched alkanes of at least 4 members (excludes halogenated alkanes) is 6. The molecule has 0 saturated carbocycles. The first kappa shape index (κ1) is 16.3. The highest BCUT2D eigenvalue weighted by molar-refractivity contribution is 5.80. The van der Waals surface area contributed by atoms with Gasteiger partial charge in [0.05, 0.1) is 19.2 Å². The van der Waals surface area contributed by atoms with Crippen molar-refractivity contribution in [3.63, 3.8) is 0 Å². The summed E-state index contributed by atoms with van der Waals surface area (Å²) < 4.78 is 5.13. The first-order valence-corrected chi connectivity index (χ1v) is 7.85. The number of nitrogens with two attached hydrogens (primary N) is 1. The van der Waals surface area contributed by atoms with Crippen molar-refractivity contribution < 1.29 is 4.74 Å². The normalized spacial score (nSPS) is 18.9. The highest BCUT2D eigenvalue weighted by atomic mass is 16.5. The summed E-state index contributed by atoms with van der Waals surface area (Å²) in [7, 11) is 1.73. The molecule has 0 radical (unpaired) electrons. The van der Waals surface area contributed by atoms with Gasteiger partial charge >= 0.3 is 0 Å². The van der Waals surface area contributed by atoms with Gasteiger partial charge in [0.15, 0.2) is 5.96 Å². The molecule has 4 heteroatoms. The van der Waals surface area contributed by atoms with Crippen LogP contribution in [0.3, 0.4) is 0 Å². The van der Waals surface area contributed by atoms with Gasteiger partial charge in [-0.05, 0) is 6.42 Å². The van der Waals surface area contributed by atoms with E-state index in [1.807, 2.05) is 0 Å². The van der Waals surface area contributed by atoms with Crippen molar-refractivity contribution in [3.8, 4) is 0 Å². The van der Waals surface area contributed by atoms with E-state index in [0.29, 0.717) is 12.0 Å². The molecule has 0 spiro atoms. The van der Waals surface area contributed by atoms with Crippen LogP contribution in [0.25, 0.3) is 0 Å².